The first-order chi connectivity index (χ1) is 5.18. The van der Waals surface area contributed by atoms with Gasteiger partial charge in [0.15, 0.2) is 11.8 Å². The molecule has 1 aromatic heterocycles. The van der Waals surface area contributed by atoms with Crippen LogP contribution in [0.2, 0.25) is 5.15 Å². The van der Waals surface area contributed by atoms with Gasteiger partial charge in [-0.15, -0.1) is 0 Å². The van der Waals surface area contributed by atoms with Gasteiger partial charge in [0.05, 0.1) is 12.4 Å². The smallest absolute Gasteiger partial charge is 0.192 e. The Morgan fingerprint density at radius 1 is 1.36 bits per heavy atom. The summed E-state index contributed by atoms with van der Waals surface area (Å²) in [6, 6.07) is 0. The van der Waals surface area contributed by atoms with E-state index in [1.165, 1.54) is 12.4 Å². The lowest BCUT2D eigenvalue weighted by molar-refractivity contribution is 1.17. The first kappa shape index (κ1) is 7.74. The second kappa shape index (κ2) is 3.16. The lowest BCUT2D eigenvalue weighted by atomic mass is 10.7. The summed E-state index contributed by atoms with van der Waals surface area (Å²) in [5, 5.41) is 0.305. The first-order valence-corrected chi connectivity index (χ1v) is 3.13. The van der Waals surface area contributed by atoms with E-state index in [9.17, 15) is 0 Å². The van der Waals surface area contributed by atoms with Crippen LogP contribution in [0.1, 0.15) is 0 Å². The normalized spacial score (nSPS) is 9.18. The van der Waals surface area contributed by atoms with Gasteiger partial charge in [0.2, 0.25) is 0 Å². The van der Waals surface area contributed by atoms with E-state index in [1.54, 1.807) is 0 Å². The molecule has 1 heterocycles. The number of halogens is 1. The fraction of sp³-hybridized carbons (Fsp3) is 0. The Morgan fingerprint density at radius 2 is 2.09 bits per heavy atom. The molecule has 0 saturated heterocycles. The average molecular weight is 172 g/mol. The summed E-state index contributed by atoms with van der Waals surface area (Å²) < 4.78 is 0. The number of aromatic nitrogens is 2. The van der Waals surface area contributed by atoms with E-state index in [2.05, 4.69) is 15.0 Å². The van der Waals surface area contributed by atoms with E-state index in [0.717, 1.165) is 0 Å². The van der Waals surface area contributed by atoms with Crippen molar-refractivity contribution in [3.05, 3.63) is 17.5 Å². The first-order valence-electron chi connectivity index (χ1n) is 2.75. The fourth-order valence-electron chi connectivity index (χ4n) is 0.495. The van der Waals surface area contributed by atoms with Crippen LogP contribution in [0, 0.1) is 0 Å². The van der Waals surface area contributed by atoms with Crippen molar-refractivity contribution in [3.8, 4) is 0 Å². The Hall–Kier alpha value is -1.36. The number of hydrogen-bond acceptors (Lipinski definition) is 3. The molecule has 0 radical (unpaired) electrons. The van der Waals surface area contributed by atoms with Crippen LogP contribution in [0.4, 0.5) is 5.82 Å². The van der Waals surface area contributed by atoms with Crippen molar-refractivity contribution in [1.29, 1.82) is 0 Å². The minimum absolute atomic E-state index is 0.0541. The van der Waals surface area contributed by atoms with Crippen LogP contribution < -0.4 is 11.5 Å². The van der Waals surface area contributed by atoms with Gasteiger partial charge in [0, 0.05) is 0 Å². The van der Waals surface area contributed by atoms with Gasteiger partial charge in [-0.3, -0.25) is 0 Å². The monoisotopic (exact) mass is 171 g/mol. The van der Waals surface area contributed by atoms with Crippen molar-refractivity contribution in [2.24, 2.45) is 16.5 Å². The Balaban J connectivity index is 2.91. The zero-order valence-corrected chi connectivity index (χ0v) is 6.28. The number of rotatable bonds is 1. The molecular formula is C5H6ClN5. The van der Waals surface area contributed by atoms with Crippen molar-refractivity contribution < 1.29 is 0 Å². The maximum atomic E-state index is 5.46. The van der Waals surface area contributed by atoms with Crippen molar-refractivity contribution >= 4 is 23.4 Å². The van der Waals surface area contributed by atoms with E-state index in [0.29, 0.717) is 11.0 Å². The van der Waals surface area contributed by atoms with Gasteiger partial charge >= 0.3 is 0 Å². The molecular weight excluding hydrogens is 166 g/mol. The second-order valence-corrected chi connectivity index (χ2v) is 2.12. The van der Waals surface area contributed by atoms with Crippen LogP contribution in [0.15, 0.2) is 17.4 Å². The molecule has 4 N–H and O–H groups in total. The fourth-order valence-corrected chi connectivity index (χ4v) is 0.593. The highest BCUT2D eigenvalue weighted by Crippen LogP contribution is 2.07. The van der Waals surface area contributed by atoms with E-state index in [-0.39, 0.29) is 5.96 Å². The lowest BCUT2D eigenvalue weighted by Crippen LogP contribution is -2.22. The molecule has 11 heavy (non-hydrogen) atoms. The molecule has 0 amide bonds. The second-order valence-electron chi connectivity index (χ2n) is 1.73. The molecule has 0 aromatic carbocycles. The summed E-state index contributed by atoms with van der Waals surface area (Å²) >= 11 is 5.46. The van der Waals surface area contributed by atoms with Crippen molar-refractivity contribution in [2.75, 3.05) is 0 Å². The molecule has 0 aliphatic heterocycles. The molecule has 1 aromatic rings. The molecule has 1 rings (SSSR count). The Morgan fingerprint density at radius 3 is 2.55 bits per heavy atom. The molecule has 0 spiro atoms. The van der Waals surface area contributed by atoms with E-state index in [1.807, 2.05) is 0 Å². The molecule has 0 saturated carbocycles. The molecule has 0 aliphatic carbocycles. The molecule has 5 nitrogen and oxygen atoms in total. The Labute approximate surface area is 68.1 Å². The SMILES string of the molecule is NC(N)=Nc1cnc(Cl)cn1. The molecule has 0 fully saturated rings. The summed E-state index contributed by atoms with van der Waals surface area (Å²) in [6.07, 6.45) is 2.74. The quantitative estimate of drug-likeness (QED) is 0.461. The van der Waals surface area contributed by atoms with Gasteiger partial charge in [0.1, 0.15) is 5.15 Å². The molecule has 0 bridgehead atoms. The zero-order valence-electron chi connectivity index (χ0n) is 5.53. The number of nitrogens with two attached hydrogens (primary N) is 2. The molecule has 58 valence electrons. The van der Waals surface area contributed by atoms with Gasteiger partial charge in [-0.2, -0.15) is 4.99 Å². The van der Waals surface area contributed by atoms with Gasteiger partial charge in [-0.05, 0) is 0 Å². The van der Waals surface area contributed by atoms with Crippen LogP contribution >= 0.6 is 11.6 Å². The lowest BCUT2D eigenvalue weighted by Gasteiger charge is -1.91. The summed E-state index contributed by atoms with van der Waals surface area (Å²) in [7, 11) is 0. The van der Waals surface area contributed by atoms with Crippen LogP contribution in [0.5, 0.6) is 0 Å². The average Bonchev–Trinajstić information content (AvgIpc) is 1.93. The highest BCUT2D eigenvalue weighted by Gasteiger charge is 1.91. The highest BCUT2D eigenvalue weighted by atomic mass is 35.5. The number of nitrogens with zero attached hydrogens (tertiary/aromatic N) is 3. The van der Waals surface area contributed by atoms with Crippen molar-refractivity contribution in [3.63, 3.8) is 0 Å². The molecule has 6 heteroatoms. The molecule has 0 atom stereocenters. The van der Waals surface area contributed by atoms with Crippen LogP contribution in [-0.4, -0.2) is 15.9 Å². The van der Waals surface area contributed by atoms with E-state index in [4.69, 9.17) is 23.1 Å². The van der Waals surface area contributed by atoms with Crippen LogP contribution in [0.3, 0.4) is 0 Å². The largest absolute Gasteiger partial charge is 0.370 e. The predicted molar refractivity (Wildman–Crippen MR) is 42.5 cm³/mol. The summed E-state index contributed by atoms with van der Waals surface area (Å²) in [5.41, 5.74) is 10.2. The number of hydrogen-bond donors (Lipinski definition) is 2. The minimum atomic E-state index is -0.0541. The predicted octanol–water partition coefficient (Wildman–Crippen LogP) is 0.0349. The van der Waals surface area contributed by atoms with Gasteiger partial charge in [-0.25, -0.2) is 9.97 Å². The van der Waals surface area contributed by atoms with Gasteiger partial charge in [0.25, 0.3) is 0 Å². The van der Waals surface area contributed by atoms with Crippen molar-refractivity contribution in [1.82, 2.24) is 9.97 Å². The minimum Gasteiger partial charge on any atom is -0.370 e. The van der Waals surface area contributed by atoms with Crippen LogP contribution in [0.25, 0.3) is 0 Å². The van der Waals surface area contributed by atoms with E-state index < -0.39 is 0 Å². The Bertz CT molecular complexity index is 263. The summed E-state index contributed by atoms with van der Waals surface area (Å²) in [6.45, 7) is 0. The third-order valence-electron chi connectivity index (χ3n) is 0.850. The number of guanidine groups is 1. The van der Waals surface area contributed by atoms with Gasteiger partial charge in [-0.1, -0.05) is 11.6 Å². The van der Waals surface area contributed by atoms with Crippen LogP contribution in [-0.2, 0) is 0 Å². The zero-order chi connectivity index (χ0) is 8.27. The van der Waals surface area contributed by atoms with Crippen molar-refractivity contribution in [2.45, 2.75) is 0 Å². The third kappa shape index (κ3) is 2.38. The standard InChI is InChI=1S/C5H6ClN5/c6-3-1-10-4(2-9-3)11-5(7)8/h1-2H,(H4,7,8,10,11). The number of aliphatic imine (C=N–C) groups is 1. The summed E-state index contributed by atoms with van der Waals surface area (Å²) in [4.78, 5) is 11.1. The molecule has 0 unspecified atom stereocenters. The maximum Gasteiger partial charge on any atom is 0.192 e. The summed E-state index contributed by atoms with van der Waals surface area (Å²) in [5.74, 6) is 0.288. The third-order valence-corrected chi connectivity index (χ3v) is 1.05. The Kier molecular flexibility index (Phi) is 2.22. The van der Waals surface area contributed by atoms with E-state index >= 15 is 0 Å². The van der Waals surface area contributed by atoms with Gasteiger partial charge < -0.3 is 11.5 Å². The highest BCUT2D eigenvalue weighted by molar-refractivity contribution is 6.29. The molecule has 0 aliphatic rings. The maximum absolute atomic E-state index is 5.46. The topological polar surface area (TPSA) is 90.2 Å².